The standard InChI is InChI=1S/C11H16BrClN4/c12-9-10(13)15-8-16-11(9)14-4-3-7-17-5-1-2-6-17/h8H,1-7H2,(H,14,15,16). The third kappa shape index (κ3) is 3.79. The number of aromatic nitrogens is 2. The zero-order valence-corrected chi connectivity index (χ0v) is 12.0. The molecule has 0 aromatic carbocycles. The normalized spacial score (nSPS) is 16.4. The molecule has 0 atom stereocenters. The van der Waals surface area contributed by atoms with Crippen LogP contribution in [0.5, 0.6) is 0 Å². The van der Waals surface area contributed by atoms with E-state index in [-0.39, 0.29) is 0 Å². The van der Waals surface area contributed by atoms with Crippen molar-refractivity contribution in [2.24, 2.45) is 0 Å². The third-order valence-corrected chi connectivity index (χ3v) is 4.16. The molecule has 2 rings (SSSR count). The molecule has 1 N–H and O–H groups in total. The van der Waals surface area contributed by atoms with Crippen molar-refractivity contribution in [3.63, 3.8) is 0 Å². The number of hydrogen-bond donors (Lipinski definition) is 1. The summed E-state index contributed by atoms with van der Waals surface area (Å²) in [6.07, 6.45) is 5.28. The predicted octanol–water partition coefficient (Wildman–Crippen LogP) is 2.79. The Morgan fingerprint density at radius 3 is 2.88 bits per heavy atom. The van der Waals surface area contributed by atoms with E-state index in [0.29, 0.717) is 5.15 Å². The second-order valence-corrected chi connectivity index (χ2v) is 5.31. The summed E-state index contributed by atoms with van der Waals surface area (Å²) in [5, 5.41) is 3.71. The van der Waals surface area contributed by atoms with Gasteiger partial charge < -0.3 is 10.2 Å². The second kappa shape index (κ2) is 6.52. The molecule has 0 amide bonds. The van der Waals surface area contributed by atoms with Crippen molar-refractivity contribution >= 4 is 33.3 Å². The van der Waals surface area contributed by atoms with Crippen molar-refractivity contribution in [3.05, 3.63) is 16.0 Å². The van der Waals surface area contributed by atoms with Crippen LogP contribution < -0.4 is 5.32 Å². The molecule has 1 aliphatic rings. The minimum Gasteiger partial charge on any atom is -0.369 e. The van der Waals surface area contributed by atoms with Gasteiger partial charge in [-0.2, -0.15) is 0 Å². The van der Waals surface area contributed by atoms with E-state index in [1.807, 2.05) is 0 Å². The summed E-state index contributed by atoms with van der Waals surface area (Å²) in [5.41, 5.74) is 0. The van der Waals surface area contributed by atoms with E-state index < -0.39 is 0 Å². The van der Waals surface area contributed by atoms with Crippen molar-refractivity contribution < 1.29 is 0 Å². The fourth-order valence-electron chi connectivity index (χ4n) is 1.99. The average molecular weight is 320 g/mol. The summed E-state index contributed by atoms with van der Waals surface area (Å²) in [4.78, 5) is 10.5. The summed E-state index contributed by atoms with van der Waals surface area (Å²) in [5.74, 6) is 0.770. The SMILES string of the molecule is Clc1ncnc(NCCCN2CCCC2)c1Br. The van der Waals surface area contributed by atoms with Gasteiger partial charge in [0, 0.05) is 6.54 Å². The second-order valence-electron chi connectivity index (χ2n) is 4.16. The molecular formula is C11H16BrClN4. The van der Waals surface area contributed by atoms with Crippen LogP contribution in [0.4, 0.5) is 5.82 Å². The van der Waals surface area contributed by atoms with E-state index in [1.54, 1.807) is 0 Å². The Labute approximate surface area is 115 Å². The number of rotatable bonds is 5. The molecule has 1 aromatic rings. The maximum absolute atomic E-state index is 5.88. The van der Waals surface area contributed by atoms with Crippen LogP contribution in [0.3, 0.4) is 0 Å². The van der Waals surface area contributed by atoms with E-state index in [9.17, 15) is 0 Å². The highest BCUT2D eigenvalue weighted by atomic mass is 79.9. The van der Waals surface area contributed by atoms with Crippen molar-refractivity contribution in [2.75, 3.05) is 31.5 Å². The van der Waals surface area contributed by atoms with Crippen LogP contribution in [0.25, 0.3) is 0 Å². The van der Waals surface area contributed by atoms with Gasteiger partial charge in [0.2, 0.25) is 0 Å². The quantitative estimate of drug-likeness (QED) is 0.669. The number of nitrogens with zero attached hydrogens (tertiary/aromatic N) is 3. The van der Waals surface area contributed by atoms with Gasteiger partial charge in [-0.3, -0.25) is 0 Å². The van der Waals surface area contributed by atoms with Crippen LogP contribution >= 0.6 is 27.5 Å². The van der Waals surface area contributed by atoms with Gasteiger partial charge in [0.1, 0.15) is 17.3 Å². The molecule has 0 bridgehead atoms. The lowest BCUT2D eigenvalue weighted by molar-refractivity contribution is 0.337. The molecule has 94 valence electrons. The van der Waals surface area contributed by atoms with Gasteiger partial charge in [0.05, 0.1) is 4.47 Å². The predicted molar refractivity (Wildman–Crippen MR) is 73.5 cm³/mol. The summed E-state index contributed by atoms with van der Waals surface area (Å²) >= 11 is 9.25. The summed E-state index contributed by atoms with van der Waals surface area (Å²) in [6, 6.07) is 0. The Morgan fingerprint density at radius 1 is 1.35 bits per heavy atom. The highest BCUT2D eigenvalue weighted by molar-refractivity contribution is 9.10. The van der Waals surface area contributed by atoms with Crippen molar-refractivity contribution in [1.29, 1.82) is 0 Å². The van der Waals surface area contributed by atoms with Crippen LogP contribution in [0.1, 0.15) is 19.3 Å². The summed E-state index contributed by atoms with van der Waals surface area (Å²) in [7, 11) is 0. The molecule has 6 heteroatoms. The Bertz CT molecular complexity index is 368. The van der Waals surface area contributed by atoms with Crippen LogP contribution in [0.2, 0.25) is 5.15 Å². The highest BCUT2D eigenvalue weighted by Crippen LogP contribution is 2.25. The minimum absolute atomic E-state index is 0.446. The molecule has 0 unspecified atom stereocenters. The Balaban J connectivity index is 1.72. The molecule has 1 fully saturated rings. The van der Waals surface area contributed by atoms with Gasteiger partial charge in [0.15, 0.2) is 0 Å². The van der Waals surface area contributed by atoms with Gasteiger partial charge in [-0.25, -0.2) is 9.97 Å². The molecular weight excluding hydrogens is 304 g/mol. The monoisotopic (exact) mass is 318 g/mol. The maximum atomic E-state index is 5.88. The summed E-state index contributed by atoms with van der Waals surface area (Å²) in [6.45, 7) is 4.57. The Morgan fingerprint density at radius 2 is 2.12 bits per heavy atom. The van der Waals surface area contributed by atoms with E-state index in [2.05, 4.69) is 36.1 Å². The molecule has 4 nitrogen and oxygen atoms in total. The van der Waals surface area contributed by atoms with Crippen molar-refractivity contribution in [3.8, 4) is 0 Å². The number of likely N-dealkylation sites (tertiary alicyclic amines) is 1. The van der Waals surface area contributed by atoms with Crippen LogP contribution in [0, 0.1) is 0 Å². The molecule has 0 spiro atoms. The van der Waals surface area contributed by atoms with Crippen LogP contribution in [-0.2, 0) is 0 Å². The van der Waals surface area contributed by atoms with Gasteiger partial charge in [-0.15, -0.1) is 0 Å². The van der Waals surface area contributed by atoms with Gasteiger partial charge in [-0.1, -0.05) is 11.6 Å². The zero-order chi connectivity index (χ0) is 12.1. The molecule has 1 aliphatic heterocycles. The number of anilines is 1. The molecule has 0 radical (unpaired) electrons. The molecule has 1 aromatic heterocycles. The van der Waals surface area contributed by atoms with Gasteiger partial charge in [0.25, 0.3) is 0 Å². The van der Waals surface area contributed by atoms with Gasteiger partial charge >= 0.3 is 0 Å². The number of hydrogen-bond acceptors (Lipinski definition) is 4. The van der Waals surface area contributed by atoms with Crippen LogP contribution in [-0.4, -0.2) is 41.0 Å². The van der Waals surface area contributed by atoms with Crippen molar-refractivity contribution in [2.45, 2.75) is 19.3 Å². The Hall–Kier alpha value is -0.390. The lowest BCUT2D eigenvalue weighted by Gasteiger charge is -2.14. The smallest absolute Gasteiger partial charge is 0.148 e. The van der Waals surface area contributed by atoms with E-state index >= 15 is 0 Å². The topological polar surface area (TPSA) is 41.1 Å². The molecule has 1 saturated heterocycles. The van der Waals surface area contributed by atoms with E-state index in [1.165, 1.54) is 32.3 Å². The number of nitrogens with one attached hydrogen (secondary N) is 1. The minimum atomic E-state index is 0.446. The first-order valence-electron chi connectivity index (χ1n) is 5.89. The highest BCUT2D eigenvalue weighted by Gasteiger charge is 2.10. The summed E-state index contributed by atoms with van der Waals surface area (Å²) < 4.78 is 0.739. The first-order chi connectivity index (χ1) is 8.27. The fourth-order valence-corrected chi connectivity index (χ4v) is 2.47. The average Bonchev–Trinajstić information content (AvgIpc) is 2.83. The lowest BCUT2D eigenvalue weighted by atomic mass is 10.4. The van der Waals surface area contributed by atoms with Crippen molar-refractivity contribution in [1.82, 2.24) is 14.9 Å². The third-order valence-electron chi connectivity index (χ3n) is 2.89. The molecule has 2 heterocycles. The largest absolute Gasteiger partial charge is 0.369 e. The maximum Gasteiger partial charge on any atom is 0.148 e. The molecule has 0 aliphatic carbocycles. The fraction of sp³-hybridized carbons (Fsp3) is 0.636. The molecule has 0 saturated carbocycles. The Kier molecular flexibility index (Phi) is 5.00. The van der Waals surface area contributed by atoms with E-state index in [4.69, 9.17) is 11.6 Å². The number of halogens is 2. The first kappa shape index (κ1) is 13.1. The zero-order valence-electron chi connectivity index (χ0n) is 9.62. The van der Waals surface area contributed by atoms with Gasteiger partial charge in [-0.05, 0) is 54.8 Å². The lowest BCUT2D eigenvalue weighted by Crippen LogP contribution is -2.22. The first-order valence-corrected chi connectivity index (χ1v) is 7.06. The molecule has 17 heavy (non-hydrogen) atoms. The van der Waals surface area contributed by atoms with Crippen LogP contribution in [0.15, 0.2) is 10.8 Å². The van der Waals surface area contributed by atoms with E-state index in [0.717, 1.165) is 29.8 Å².